The number of halogens is 1. The van der Waals surface area contributed by atoms with Crippen molar-refractivity contribution < 1.29 is 22.7 Å². The van der Waals surface area contributed by atoms with Crippen molar-refractivity contribution in [2.45, 2.75) is 25.2 Å². The SMILES string of the molecule is CCCOc1c(Cl)cc(C(=O)Nc2ccc(S(=O)(=O)N3CCN(C)CC3)cc2)cc1OCC. The number of anilines is 1. The minimum atomic E-state index is -3.57. The van der Waals surface area contributed by atoms with Crippen LogP contribution in [0.15, 0.2) is 41.3 Å². The molecule has 1 N–H and O–H groups in total. The molecule has 1 amide bonds. The summed E-state index contributed by atoms with van der Waals surface area (Å²) < 4.78 is 38.5. The Morgan fingerprint density at radius 3 is 2.33 bits per heavy atom. The van der Waals surface area contributed by atoms with Crippen molar-refractivity contribution >= 4 is 33.2 Å². The zero-order valence-electron chi connectivity index (χ0n) is 19.1. The second kappa shape index (κ2) is 11.2. The van der Waals surface area contributed by atoms with Gasteiger partial charge in [-0.25, -0.2) is 8.42 Å². The molecule has 1 fully saturated rings. The van der Waals surface area contributed by atoms with Gasteiger partial charge in [0.05, 0.1) is 23.1 Å². The predicted octanol–water partition coefficient (Wildman–Crippen LogP) is 3.72. The van der Waals surface area contributed by atoms with Gasteiger partial charge >= 0.3 is 0 Å². The highest BCUT2D eigenvalue weighted by atomic mass is 35.5. The Bertz CT molecular complexity index is 1070. The number of hydrogen-bond donors (Lipinski definition) is 1. The van der Waals surface area contributed by atoms with Crippen molar-refractivity contribution in [1.29, 1.82) is 0 Å². The van der Waals surface area contributed by atoms with Crippen LogP contribution in [0, 0.1) is 0 Å². The van der Waals surface area contributed by atoms with E-state index in [9.17, 15) is 13.2 Å². The van der Waals surface area contributed by atoms with Crippen LogP contribution in [0.2, 0.25) is 5.02 Å². The summed E-state index contributed by atoms with van der Waals surface area (Å²) >= 11 is 6.35. The van der Waals surface area contributed by atoms with Gasteiger partial charge < -0.3 is 19.7 Å². The molecule has 1 aliphatic rings. The lowest BCUT2D eigenvalue weighted by atomic mass is 10.1. The van der Waals surface area contributed by atoms with Gasteiger partial charge in [0.1, 0.15) is 0 Å². The fourth-order valence-electron chi connectivity index (χ4n) is 3.40. The van der Waals surface area contributed by atoms with E-state index in [1.165, 1.54) is 22.5 Å². The third-order valence-electron chi connectivity index (χ3n) is 5.23. The highest BCUT2D eigenvalue weighted by Crippen LogP contribution is 2.37. The second-order valence-corrected chi connectivity index (χ2v) is 10.1. The Morgan fingerprint density at radius 2 is 1.73 bits per heavy atom. The molecule has 0 spiro atoms. The van der Waals surface area contributed by atoms with E-state index in [2.05, 4.69) is 10.2 Å². The molecule has 1 aliphatic heterocycles. The maximum absolute atomic E-state index is 12.9. The molecule has 0 aliphatic carbocycles. The van der Waals surface area contributed by atoms with E-state index >= 15 is 0 Å². The molecule has 0 bridgehead atoms. The van der Waals surface area contributed by atoms with Gasteiger partial charge in [-0.05, 0) is 56.8 Å². The number of hydrogen-bond acceptors (Lipinski definition) is 6. The van der Waals surface area contributed by atoms with Crippen LogP contribution in [0.25, 0.3) is 0 Å². The van der Waals surface area contributed by atoms with Crippen LogP contribution in [-0.2, 0) is 10.0 Å². The van der Waals surface area contributed by atoms with Crippen LogP contribution in [0.1, 0.15) is 30.6 Å². The largest absolute Gasteiger partial charge is 0.490 e. The van der Waals surface area contributed by atoms with Crippen LogP contribution >= 0.6 is 11.6 Å². The molecule has 0 aromatic heterocycles. The van der Waals surface area contributed by atoms with Gasteiger partial charge in [0.2, 0.25) is 10.0 Å². The highest BCUT2D eigenvalue weighted by Gasteiger charge is 2.27. The number of piperazine rings is 1. The Hall–Kier alpha value is -2.33. The van der Waals surface area contributed by atoms with Crippen LogP contribution in [0.4, 0.5) is 5.69 Å². The Kier molecular flexibility index (Phi) is 8.58. The standard InChI is InChI=1S/C23H30ClN3O5S/c1-4-14-32-22-20(24)15-17(16-21(22)31-5-2)23(28)25-18-6-8-19(9-7-18)33(29,30)27-12-10-26(3)11-13-27/h6-9,15-16H,4-5,10-14H2,1-3H3,(H,25,28). The van der Waals surface area contributed by atoms with E-state index in [0.717, 1.165) is 6.42 Å². The number of carbonyl (C=O) groups is 1. The summed E-state index contributed by atoms with van der Waals surface area (Å²) in [7, 11) is -1.60. The number of nitrogens with one attached hydrogen (secondary N) is 1. The summed E-state index contributed by atoms with van der Waals surface area (Å²) in [4.78, 5) is 15.1. The van der Waals surface area contributed by atoms with Gasteiger partial charge in [-0.2, -0.15) is 4.31 Å². The van der Waals surface area contributed by atoms with E-state index < -0.39 is 15.9 Å². The van der Waals surface area contributed by atoms with Gasteiger partial charge in [-0.3, -0.25) is 4.79 Å². The quantitative estimate of drug-likeness (QED) is 0.570. The van der Waals surface area contributed by atoms with Crippen LogP contribution in [0.3, 0.4) is 0 Å². The van der Waals surface area contributed by atoms with Gasteiger partial charge in [-0.1, -0.05) is 18.5 Å². The fourth-order valence-corrected chi connectivity index (χ4v) is 5.08. The van der Waals surface area contributed by atoms with Crippen LogP contribution in [0.5, 0.6) is 11.5 Å². The number of benzene rings is 2. The molecule has 0 saturated carbocycles. The zero-order valence-corrected chi connectivity index (χ0v) is 20.7. The Labute approximate surface area is 200 Å². The lowest BCUT2D eigenvalue weighted by Gasteiger charge is -2.31. The minimum Gasteiger partial charge on any atom is -0.490 e. The normalized spacial score (nSPS) is 15.3. The summed E-state index contributed by atoms with van der Waals surface area (Å²) in [6, 6.07) is 9.26. The maximum atomic E-state index is 12.9. The molecule has 0 radical (unpaired) electrons. The van der Waals surface area contributed by atoms with E-state index in [0.29, 0.717) is 62.1 Å². The van der Waals surface area contributed by atoms with Crippen LogP contribution in [-0.4, -0.2) is 70.0 Å². The Balaban J connectivity index is 1.74. The first kappa shape index (κ1) is 25.3. The van der Waals surface area contributed by atoms with Gasteiger partial charge in [-0.15, -0.1) is 0 Å². The van der Waals surface area contributed by atoms with Crippen molar-refractivity contribution in [2.24, 2.45) is 0 Å². The number of amides is 1. The molecule has 33 heavy (non-hydrogen) atoms. The lowest BCUT2D eigenvalue weighted by Crippen LogP contribution is -2.46. The first-order chi connectivity index (χ1) is 15.8. The van der Waals surface area contributed by atoms with E-state index in [1.807, 2.05) is 20.9 Å². The van der Waals surface area contributed by atoms with Crippen molar-refractivity contribution in [3.63, 3.8) is 0 Å². The molecular weight excluding hydrogens is 466 g/mol. The molecule has 2 aromatic rings. The zero-order chi connectivity index (χ0) is 24.0. The maximum Gasteiger partial charge on any atom is 0.255 e. The van der Waals surface area contributed by atoms with E-state index in [4.69, 9.17) is 21.1 Å². The number of ether oxygens (including phenoxy) is 2. The predicted molar refractivity (Wildman–Crippen MR) is 129 cm³/mol. The number of sulfonamides is 1. The van der Waals surface area contributed by atoms with Gasteiger partial charge in [0, 0.05) is 37.4 Å². The molecule has 0 unspecified atom stereocenters. The highest BCUT2D eigenvalue weighted by molar-refractivity contribution is 7.89. The molecule has 0 atom stereocenters. The van der Waals surface area contributed by atoms with E-state index in [1.54, 1.807) is 18.2 Å². The van der Waals surface area contributed by atoms with Crippen molar-refractivity contribution in [2.75, 3.05) is 51.8 Å². The smallest absolute Gasteiger partial charge is 0.255 e. The van der Waals surface area contributed by atoms with Crippen molar-refractivity contribution in [1.82, 2.24) is 9.21 Å². The molecule has 8 nitrogen and oxygen atoms in total. The summed E-state index contributed by atoms with van der Waals surface area (Å²) in [5.74, 6) is 0.419. The molecule has 1 saturated heterocycles. The number of likely N-dealkylation sites (N-methyl/N-ethyl adjacent to an activating group) is 1. The number of carbonyl (C=O) groups excluding carboxylic acids is 1. The van der Waals surface area contributed by atoms with Crippen molar-refractivity contribution in [3.8, 4) is 11.5 Å². The molecule has 2 aromatic carbocycles. The molecule has 3 rings (SSSR count). The first-order valence-corrected chi connectivity index (χ1v) is 12.8. The third kappa shape index (κ3) is 6.17. The average Bonchev–Trinajstić information content (AvgIpc) is 2.79. The fraction of sp³-hybridized carbons (Fsp3) is 0.435. The first-order valence-electron chi connectivity index (χ1n) is 11.0. The molecule has 10 heteroatoms. The minimum absolute atomic E-state index is 0.198. The lowest BCUT2D eigenvalue weighted by molar-refractivity contribution is 0.102. The molecular formula is C23H30ClN3O5S. The molecule has 180 valence electrons. The summed E-state index contributed by atoms with van der Waals surface area (Å²) in [5.41, 5.74) is 0.777. The number of rotatable bonds is 9. The second-order valence-electron chi connectivity index (χ2n) is 7.75. The third-order valence-corrected chi connectivity index (χ3v) is 7.43. The average molecular weight is 496 g/mol. The topological polar surface area (TPSA) is 88.2 Å². The van der Waals surface area contributed by atoms with Crippen molar-refractivity contribution in [3.05, 3.63) is 47.0 Å². The molecule has 1 heterocycles. The van der Waals surface area contributed by atoms with Crippen LogP contribution < -0.4 is 14.8 Å². The monoisotopic (exact) mass is 495 g/mol. The summed E-state index contributed by atoms with van der Waals surface area (Å²) in [6.45, 7) is 7.00. The van der Waals surface area contributed by atoms with Gasteiger partial charge in [0.25, 0.3) is 5.91 Å². The summed E-state index contributed by atoms with van der Waals surface area (Å²) in [5, 5.41) is 3.06. The van der Waals surface area contributed by atoms with E-state index in [-0.39, 0.29) is 9.92 Å². The number of nitrogens with zero attached hydrogens (tertiary/aromatic N) is 2. The Morgan fingerprint density at radius 1 is 1.06 bits per heavy atom. The van der Waals surface area contributed by atoms with Gasteiger partial charge in [0.15, 0.2) is 11.5 Å². The summed E-state index contributed by atoms with van der Waals surface area (Å²) in [6.07, 6.45) is 0.810.